The second kappa shape index (κ2) is 10.4. The van der Waals surface area contributed by atoms with Crippen molar-refractivity contribution in [3.8, 4) is 11.5 Å². The van der Waals surface area contributed by atoms with Crippen LogP contribution in [-0.2, 0) is 22.7 Å². The summed E-state index contributed by atoms with van der Waals surface area (Å²) in [5.74, 6) is -0.108. The van der Waals surface area contributed by atoms with E-state index < -0.39 is 17.9 Å². The summed E-state index contributed by atoms with van der Waals surface area (Å²) in [4.78, 5) is 38.0. The molecule has 3 amide bonds. The number of nitrogens with one attached hydrogen (secondary N) is 1. The number of carbonyl (C=O) groups is 3. The number of nitrogens with zero attached hydrogens (tertiary/aromatic N) is 1. The van der Waals surface area contributed by atoms with E-state index in [1.165, 1.54) is 32.4 Å². The summed E-state index contributed by atoms with van der Waals surface area (Å²) in [5.41, 5.74) is 1.48. The lowest BCUT2D eigenvalue weighted by Gasteiger charge is -2.14. The summed E-state index contributed by atoms with van der Waals surface area (Å²) >= 11 is 5.94. The molecule has 4 rings (SSSR count). The summed E-state index contributed by atoms with van der Waals surface area (Å²) in [5, 5.41) is 3.18. The van der Waals surface area contributed by atoms with Crippen LogP contribution < -0.4 is 14.8 Å². The highest BCUT2D eigenvalue weighted by Crippen LogP contribution is 2.34. The fraction of sp³-hybridized carbons (Fsp3) is 0.160. The number of halogens is 1. The Hall–Kier alpha value is -4.24. The third-order valence-corrected chi connectivity index (χ3v) is 5.40. The maximum atomic E-state index is 13.0. The molecule has 1 aliphatic rings. The maximum absolute atomic E-state index is 13.0. The van der Waals surface area contributed by atoms with Gasteiger partial charge in [-0.25, -0.2) is 9.59 Å². The molecular formula is C25H21ClN2O7. The van der Waals surface area contributed by atoms with Gasteiger partial charge in [0.2, 0.25) is 5.76 Å². The monoisotopic (exact) mass is 496 g/mol. The quantitative estimate of drug-likeness (QED) is 0.280. The molecule has 0 radical (unpaired) electrons. The summed E-state index contributed by atoms with van der Waals surface area (Å²) in [7, 11) is 2.74. The number of amides is 3. The number of furan rings is 1. The molecule has 1 fully saturated rings. The van der Waals surface area contributed by atoms with E-state index in [0.717, 1.165) is 10.5 Å². The number of benzene rings is 2. The molecule has 1 aromatic heterocycles. The summed E-state index contributed by atoms with van der Waals surface area (Å²) in [6, 6.07) is 14.7. The molecular weight excluding hydrogens is 476 g/mol. The second-order valence-electron chi connectivity index (χ2n) is 7.43. The number of hydrogen-bond donors (Lipinski definition) is 1. The minimum atomic E-state index is -0.654. The number of methoxy groups -OCH3 is 2. The molecule has 0 atom stereocenters. The average Bonchev–Trinajstić information content (AvgIpc) is 3.44. The van der Waals surface area contributed by atoms with Gasteiger partial charge in [0.25, 0.3) is 5.91 Å². The Balaban J connectivity index is 1.55. The van der Waals surface area contributed by atoms with Crippen LogP contribution in [0.15, 0.2) is 64.7 Å². The van der Waals surface area contributed by atoms with Gasteiger partial charge in [0.05, 0.1) is 20.8 Å². The van der Waals surface area contributed by atoms with Gasteiger partial charge in [0, 0.05) is 10.6 Å². The fourth-order valence-corrected chi connectivity index (χ4v) is 3.52. The first kappa shape index (κ1) is 23.9. The lowest BCUT2D eigenvalue weighted by molar-refractivity contribution is -0.123. The van der Waals surface area contributed by atoms with Crippen LogP contribution in [0.4, 0.5) is 4.79 Å². The molecule has 1 N–H and O–H groups in total. The topological polar surface area (TPSA) is 107 Å². The number of rotatable bonds is 8. The van der Waals surface area contributed by atoms with Crippen molar-refractivity contribution in [2.24, 2.45) is 0 Å². The second-order valence-corrected chi connectivity index (χ2v) is 7.87. The van der Waals surface area contributed by atoms with E-state index in [9.17, 15) is 14.4 Å². The van der Waals surface area contributed by atoms with E-state index in [4.69, 9.17) is 25.5 Å². The molecule has 9 nitrogen and oxygen atoms in total. The van der Waals surface area contributed by atoms with Crippen molar-refractivity contribution in [1.82, 2.24) is 10.2 Å². The van der Waals surface area contributed by atoms with Gasteiger partial charge < -0.3 is 23.9 Å². The van der Waals surface area contributed by atoms with Gasteiger partial charge in [-0.2, -0.15) is 0 Å². The van der Waals surface area contributed by atoms with E-state index in [2.05, 4.69) is 10.1 Å². The number of para-hydroxylation sites is 1. The zero-order valence-electron chi connectivity index (χ0n) is 18.9. The molecule has 35 heavy (non-hydrogen) atoms. The molecule has 180 valence electrons. The Morgan fingerprint density at radius 1 is 1.09 bits per heavy atom. The third-order valence-electron chi connectivity index (χ3n) is 5.15. The Morgan fingerprint density at radius 3 is 2.57 bits per heavy atom. The number of esters is 1. The SMILES string of the molecule is COC(=O)c1ccc(CN2C(=O)NC(=Cc3cccc(OC)c3OCc3ccc(Cl)cc3)C2=O)o1. The molecule has 1 aliphatic heterocycles. The lowest BCUT2D eigenvalue weighted by atomic mass is 10.1. The first-order valence-corrected chi connectivity index (χ1v) is 10.8. The van der Waals surface area contributed by atoms with Crippen molar-refractivity contribution in [1.29, 1.82) is 0 Å². The number of hydrogen-bond acceptors (Lipinski definition) is 7. The molecule has 1 saturated heterocycles. The normalized spacial score (nSPS) is 14.3. The van der Waals surface area contributed by atoms with Gasteiger partial charge >= 0.3 is 12.0 Å². The van der Waals surface area contributed by atoms with Gasteiger partial charge in [0.15, 0.2) is 11.5 Å². The number of imide groups is 1. The van der Waals surface area contributed by atoms with Crippen LogP contribution in [0.3, 0.4) is 0 Å². The van der Waals surface area contributed by atoms with Crippen LogP contribution in [0.1, 0.15) is 27.4 Å². The van der Waals surface area contributed by atoms with Gasteiger partial charge in [-0.1, -0.05) is 35.9 Å². The van der Waals surface area contributed by atoms with Crippen LogP contribution in [0.2, 0.25) is 5.02 Å². The number of carbonyl (C=O) groups excluding carboxylic acids is 3. The zero-order valence-corrected chi connectivity index (χ0v) is 19.6. The van der Waals surface area contributed by atoms with Gasteiger partial charge in [-0.05, 0) is 42.0 Å². The Morgan fingerprint density at radius 2 is 1.86 bits per heavy atom. The lowest BCUT2D eigenvalue weighted by Crippen LogP contribution is -2.30. The molecule has 2 heterocycles. The van der Waals surface area contributed by atoms with Crippen LogP contribution in [0.25, 0.3) is 6.08 Å². The predicted molar refractivity (Wildman–Crippen MR) is 126 cm³/mol. The van der Waals surface area contributed by atoms with Crippen LogP contribution in [0.5, 0.6) is 11.5 Å². The van der Waals surface area contributed by atoms with Crippen molar-refractivity contribution in [3.63, 3.8) is 0 Å². The van der Waals surface area contributed by atoms with E-state index >= 15 is 0 Å². The van der Waals surface area contributed by atoms with Crippen LogP contribution >= 0.6 is 11.6 Å². The van der Waals surface area contributed by atoms with Crippen LogP contribution in [-0.4, -0.2) is 37.0 Å². The molecule has 10 heteroatoms. The summed E-state index contributed by atoms with van der Waals surface area (Å²) in [6.45, 7) is 0.0816. The maximum Gasteiger partial charge on any atom is 0.373 e. The van der Waals surface area contributed by atoms with Gasteiger partial charge in [0.1, 0.15) is 18.1 Å². The van der Waals surface area contributed by atoms with Crippen molar-refractivity contribution >= 4 is 35.6 Å². The highest BCUT2D eigenvalue weighted by Gasteiger charge is 2.34. The zero-order chi connectivity index (χ0) is 24.9. The summed E-state index contributed by atoms with van der Waals surface area (Å²) in [6.07, 6.45) is 1.52. The first-order chi connectivity index (χ1) is 16.9. The third kappa shape index (κ3) is 5.30. The van der Waals surface area contributed by atoms with E-state index in [-0.39, 0.29) is 30.4 Å². The Kier molecular flexibility index (Phi) is 7.07. The van der Waals surface area contributed by atoms with E-state index in [0.29, 0.717) is 22.1 Å². The fourth-order valence-electron chi connectivity index (χ4n) is 3.40. The van der Waals surface area contributed by atoms with Crippen molar-refractivity contribution < 1.29 is 33.0 Å². The smallest absolute Gasteiger partial charge is 0.373 e. The van der Waals surface area contributed by atoms with Crippen molar-refractivity contribution in [2.75, 3.05) is 14.2 Å². The molecule has 0 saturated carbocycles. The van der Waals surface area contributed by atoms with Crippen molar-refractivity contribution in [3.05, 3.63) is 88.0 Å². The van der Waals surface area contributed by atoms with Gasteiger partial charge in [-0.15, -0.1) is 0 Å². The highest BCUT2D eigenvalue weighted by molar-refractivity contribution is 6.30. The molecule has 0 bridgehead atoms. The number of ether oxygens (including phenoxy) is 3. The molecule has 0 spiro atoms. The van der Waals surface area contributed by atoms with Gasteiger partial charge in [-0.3, -0.25) is 9.69 Å². The largest absolute Gasteiger partial charge is 0.493 e. The molecule has 0 unspecified atom stereocenters. The first-order valence-electron chi connectivity index (χ1n) is 10.5. The molecule has 3 aromatic rings. The average molecular weight is 497 g/mol. The van der Waals surface area contributed by atoms with Crippen LogP contribution in [0, 0.1) is 0 Å². The van der Waals surface area contributed by atoms with E-state index in [1.54, 1.807) is 30.3 Å². The minimum Gasteiger partial charge on any atom is -0.493 e. The molecule has 0 aliphatic carbocycles. The molecule has 2 aromatic carbocycles. The number of urea groups is 1. The summed E-state index contributed by atoms with van der Waals surface area (Å²) < 4.78 is 21.4. The predicted octanol–water partition coefficient (Wildman–Crippen LogP) is 4.40. The highest BCUT2D eigenvalue weighted by atomic mass is 35.5. The Bertz CT molecular complexity index is 1300. The standard InChI is InChI=1S/C25H21ClN2O7/c1-32-20-5-3-4-16(22(20)34-14-15-6-8-17(26)9-7-15)12-19-23(29)28(25(31)27-19)13-18-10-11-21(35-18)24(30)33-2/h3-12H,13-14H2,1-2H3,(H,27,31). The van der Waals surface area contributed by atoms with Crippen molar-refractivity contribution in [2.45, 2.75) is 13.2 Å². The van der Waals surface area contributed by atoms with E-state index in [1.807, 2.05) is 12.1 Å². The Labute approximate surface area is 205 Å². The minimum absolute atomic E-state index is 0.0239.